The lowest BCUT2D eigenvalue weighted by molar-refractivity contribution is -0.159. The Morgan fingerprint density at radius 2 is 1.82 bits per heavy atom. The maximum absolute atomic E-state index is 13.6. The molecule has 2 aromatic rings. The van der Waals surface area contributed by atoms with Crippen molar-refractivity contribution in [2.75, 3.05) is 26.7 Å². The molecular formula is C24H26F2N2O5S. The molecule has 1 amide bonds. The minimum Gasteiger partial charge on any atom is -0.497 e. The zero-order valence-corrected chi connectivity index (χ0v) is 19.6. The van der Waals surface area contributed by atoms with E-state index >= 15 is 0 Å². The van der Waals surface area contributed by atoms with Gasteiger partial charge >= 0.3 is 0 Å². The van der Waals surface area contributed by atoms with E-state index in [-0.39, 0.29) is 36.2 Å². The van der Waals surface area contributed by atoms with Gasteiger partial charge in [-0.15, -0.1) is 0 Å². The molecule has 10 heteroatoms. The maximum Gasteiger partial charge on any atom is 0.249 e. The van der Waals surface area contributed by atoms with Gasteiger partial charge in [0.25, 0.3) is 0 Å². The molecule has 1 spiro atoms. The Kier molecular flexibility index (Phi) is 5.55. The van der Waals surface area contributed by atoms with Gasteiger partial charge in [-0.25, -0.2) is 17.2 Å². The summed E-state index contributed by atoms with van der Waals surface area (Å²) in [4.78, 5) is 14.4. The van der Waals surface area contributed by atoms with E-state index in [1.54, 1.807) is 54.5 Å². The molecule has 1 saturated heterocycles. The van der Waals surface area contributed by atoms with Gasteiger partial charge in [-0.05, 0) is 29.8 Å². The third-order valence-corrected chi connectivity index (χ3v) is 8.67. The molecule has 1 atom stereocenters. The maximum atomic E-state index is 13.6. The number of halogens is 2. The van der Waals surface area contributed by atoms with Crippen LogP contribution in [0.3, 0.4) is 0 Å². The van der Waals surface area contributed by atoms with E-state index in [2.05, 4.69) is 0 Å². The van der Waals surface area contributed by atoms with E-state index in [4.69, 9.17) is 9.47 Å². The Morgan fingerprint density at radius 1 is 1.12 bits per heavy atom. The van der Waals surface area contributed by atoms with E-state index in [0.717, 1.165) is 5.56 Å². The van der Waals surface area contributed by atoms with Crippen LogP contribution in [0.4, 0.5) is 8.78 Å². The summed E-state index contributed by atoms with van der Waals surface area (Å²) in [5.41, 5.74) is -0.185. The molecule has 2 fully saturated rings. The normalized spacial score (nSPS) is 25.8. The number of sulfonamides is 1. The summed E-state index contributed by atoms with van der Waals surface area (Å²) in [7, 11) is -2.33. The van der Waals surface area contributed by atoms with Crippen LogP contribution in [0.15, 0.2) is 53.4 Å². The highest BCUT2D eigenvalue weighted by molar-refractivity contribution is 7.89. The van der Waals surface area contributed by atoms with Crippen LogP contribution in [0.25, 0.3) is 0 Å². The summed E-state index contributed by atoms with van der Waals surface area (Å²) in [5, 5.41) is 0. The topological polar surface area (TPSA) is 76.2 Å². The van der Waals surface area contributed by atoms with E-state index in [0.29, 0.717) is 18.7 Å². The number of rotatable bonds is 4. The number of fused-ring (bicyclic) bond motifs is 1. The lowest BCUT2D eigenvalue weighted by Crippen LogP contribution is -2.51. The Hall–Kier alpha value is -2.72. The van der Waals surface area contributed by atoms with Gasteiger partial charge in [0.1, 0.15) is 22.0 Å². The number of hydrogen-bond donors (Lipinski definition) is 0. The number of ether oxygens (including phenoxy) is 2. The number of methoxy groups -OCH3 is 1. The van der Waals surface area contributed by atoms with Crippen molar-refractivity contribution in [1.29, 1.82) is 0 Å². The molecule has 34 heavy (non-hydrogen) atoms. The summed E-state index contributed by atoms with van der Waals surface area (Å²) in [6.07, 6.45) is -0.460. The fourth-order valence-electron chi connectivity index (χ4n) is 4.97. The van der Waals surface area contributed by atoms with E-state index < -0.39 is 40.3 Å². The van der Waals surface area contributed by atoms with Crippen molar-refractivity contribution in [3.05, 3.63) is 54.1 Å². The molecule has 3 aliphatic rings. The second kappa shape index (κ2) is 8.20. The molecule has 2 heterocycles. The molecule has 0 aromatic heterocycles. The molecule has 7 nitrogen and oxygen atoms in total. The third kappa shape index (κ3) is 4.13. The smallest absolute Gasteiger partial charge is 0.249 e. The number of alkyl halides is 2. The largest absolute Gasteiger partial charge is 0.497 e. The zero-order chi connectivity index (χ0) is 24.1. The first-order chi connectivity index (χ1) is 16.1. The summed E-state index contributed by atoms with van der Waals surface area (Å²) in [6.45, 7) is 0.644. The van der Waals surface area contributed by atoms with Crippen molar-refractivity contribution in [3.63, 3.8) is 0 Å². The second-order valence-corrected chi connectivity index (χ2v) is 11.2. The Bertz CT molecular complexity index is 1200. The molecule has 1 unspecified atom stereocenters. The fourth-order valence-corrected chi connectivity index (χ4v) is 6.59. The van der Waals surface area contributed by atoms with Gasteiger partial charge in [0, 0.05) is 38.3 Å². The highest BCUT2D eigenvalue weighted by Gasteiger charge is 2.53. The molecule has 0 radical (unpaired) electrons. The minimum atomic E-state index is -3.89. The number of carbonyl (C=O) groups is 1. The number of hydrogen-bond acceptors (Lipinski definition) is 5. The van der Waals surface area contributed by atoms with Crippen LogP contribution in [-0.4, -0.2) is 61.8 Å². The highest BCUT2D eigenvalue weighted by atomic mass is 32.2. The SMILES string of the molecule is COc1ccc(CN2CC3(CCN(C(=O)C4CC(F)(F)C4)C3)Oc3ccccc3S2(=O)=O)cc1. The fraction of sp³-hybridized carbons (Fsp3) is 0.458. The van der Waals surface area contributed by atoms with Gasteiger partial charge in [-0.2, -0.15) is 4.31 Å². The lowest BCUT2D eigenvalue weighted by atomic mass is 9.80. The Morgan fingerprint density at radius 3 is 2.50 bits per heavy atom. The first-order valence-corrected chi connectivity index (χ1v) is 12.6. The molecule has 1 saturated carbocycles. The molecule has 2 aliphatic heterocycles. The average Bonchev–Trinajstić information content (AvgIpc) is 3.17. The molecule has 5 rings (SSSR count). The van der Waals surface area contributed by atoms with Gasteiger partial charge in [-0.1, -0.05) is 24.3 Å². The number of benzene rings is 2. The molecule has 0 N–H and O–H groups in total. The number of amides is 1. The first-order valence-electron chi connectivity index (χ1n) is 11.2. The first kappa shape index (κ1) is 23.0. The van der Waals surface area contributed by atoms with Crippen molar-refractivity contribution in [3.8, 4) is 11.5 Å². The number of carbonyl (C=O) groups excluding carboxylic acids is 1. The van der Waals surface area contributed by atoms with Crippen LogP contribution in [0.5, 0.6) is 11.5 Å². The third-order valence-electron chi connectivity index (χ3n) is 6.84. The quantitative estimate of drug-likeness (QED) is 0.655. The predicted octanol–water partition coefficient (Wildman–Crippen LogP) is 3.29. The molecule has 2 aromatic carbocycles. The van der Waals surface area contributed by atoms with Crippen molar-refractivity contribution >= 4 is 15.9 Å². The van der Waals surface area contributed by atoms with Crippen LogP contribution in [0, 0.1) is 5.92 Å². The second-order valence-electron chi connectivity index (χ2n) is 9.32. The standard InChI is InChI=1S/C24H26F2N2O5S/c1-32-19-8-6-17(7-9-19)14-28-16-23(33-20-4-2-3-5-21(20)34(28,30)31)10-11-27(15-23)22(29)18-12-24(25,26)13-18/h2-9,18H,10-16H2,1H3. The van der Waals surface area contributed by atoms with E-state index in [9.17, 15) is 22.0 Å². The van der Waals surface area contributed by atoms with Crippen molar-refractivity contribution < 1.29 is 31.5 Å². The van der Waals surface area contributed by atoms with Crippen molar-refractivity contribution in [2.45, 2.75) is 42.2 Å². The highest BCUT2D eigenvalue weighted by Crippen LogP contribution is 2.45. The predicted molar refractivity (Wildman–Crippen MR) is 119 cm³/mol. The summed E-state index contributed by atoms with van der Waals surface area (Å²) >= 11 is 0. The summed E-state index contributed by atoms with van der Waals surface area (Å²) in [5.74, 6) is -2.88. The Labute approximate surface area is 197 Å². The molecule has 182 valence electrons. The van der Waals surface area contributed by atoms with Gasteiger partial charge < -0.3 is 14.4 Å². The van der Waals surface area contributed by atoms with Gasteiger partial charge in [0.15, 0.2) is 0 Å². The molecular weight excluding hydrogens is 466 g/mol. The van der Waals surface area contributed by atoms with E-state index in [1.165, 1.54) is 10.4 Å². The van der Waals surface area contributed by atoms with Gasteiger partial charge in [0.2, 0.25) is 21.9 Å². The number of para-hydroxylation sites is 1. The van der Waals surface area contributed by atoms with Gasteiger partial charge in [0.05, 0.1) is 20.2 Å². The molecule has 0 bridgehead atoms. The minimum absolute atomic E-state index is 0.0423. The molecule has 1 aliphatic carbocycles. The average molecular weight is 493 g/mol. The van der Waals surface area contributed by atoms with Crippen LogP contribution >= 0.6 is 0 Å². The van der Waals surface area contributed by atoms with Crippen molar-refractivity contribution in [1.82, 2.24) is 9.21 Å². The Balaban J connectivity index is 1.44. The van der Waals surface area contributed by atoms with Crippen LogP contribution < -0.4 is 9.47 Å². The van der Waals surface area contributed by atoms with Crippen molar-refractivity contribution in [2.24, 2.45) is 5.92 Å². The zero-order valence-electron chi connectivity index (χ0n) is 18.7. The van der Waals surface area contributed by atoms with Crippen LogP contribution in [0.1, 0.15) is 24.8 Å². The van der Waals surface area contributed by atoms with Crippen LogP contribution in [0.2, 0.25) is 0 Å². The summed E-state index contributed by atoms with van der Waals surface area (Å²) < 4.78 is 66.7. The van der Waals surface area contributed by atoms with E-state index in [1.807, 2.05) is 0 Å². The van der Waals surface area contributed by atoms with Gasteiger partial charge in [-0.3, -0.25) is 4.79 Å². The van der Waals surface area contributed by atoms with Crippen LogP contribution in [-0.2, 0) is 21.4 Å². The summed E-state index contributed by atoms with van der Waals surface area (Å²) in [6, 6.07) is 13.6. The number of nitrogens with zero attached hydrogens (tertiary/aromatic N) is 2. The monoisotopic (exact) mass is 492 g/mol. The number of likely N-dealkylation sites (tertiary alicyclic amines) is 1. The lowest BCUT2D eigenvalue weighted by Gasteiger charge is -2.37.